The highest BCUT2D eigenvalue weighted by molar-refractivity contribution is 5.86. The maximum atomic E-state index is 10.4. The van der Waals surface area contributed by atoms with Gasteiger partial charge in [-0.3, -0.25) is 0 Å². The molecule has 1 aliphatic rings. The Labute approximate surface area is 204 Å². The molecule has 1 saturated carbocycles. The average Bonchev–Trinajstić information content (AvgIpc) is 3.40. The molecular weight excluding hydrogens is 444 g/mol. The second-order valence-electron chi connectivity index (χ2n) is 9.85. The second-order valence-corrected chi connectivity index (χ2v) is 9.85. The van der Waals surface area contributed by atoms with Crippen molar-refractivity contribution >= 4 is 33.6 Å². The number of anilines is 2. The van der Waals surface area contributed by atoms with Gasteiger partial charge in [-0.1, -0.05) is 12.1 Å². The van der Waals surface area contributed by atoms with Crippen molar-refractivity contribution in [2.24, 2.45) is 5.92 Å². The number of nitrogens with two attached hydrogens (primary N) is 2. The Kier molecular flexibility index (Phi) is 5.98. The summed E-state index contributed by atoms with van der Waals surface area (Å²) in [7, 11) is 1.59. The highest BCUT2D eigenvalue weighted by Gasteiger charge is 2.38. The normalized spacial score (nSPS) is 20.6. The minimum Gasteiger partial charge on any atom is -0.493 e. The van der Waals surface area contributed by atoms with Gasteiger partial charge in [-0.2, -0.15) is 0 Å². The molecule has 0 saturated heterocycles. The molecule has 1 aromatic carbocycles. The first kappa shape index (κ1) is 23.3. The van der Waals surface area contributed by atoms with Gasteiger partial charge in [0.2, 0.25) is 0 Å². The topological polar surface area (TPSA) is 134 Å². The van der Waals surface area contributed by atoms with Gasteiger partial charge in [-0.15, -0.1) is 0 Å². The molecular formula is C26H32N6O3. The largest absolute Gasteiger partial charge is 0.493 e. The van der Waals surface area contributed by atoms with E-state index >= 15 is 0 Å². The van der Waals surface area contributed by atoms with E-state index in [2.05, 4.69) is 37.7 Å². The van der Waals surface area contributed by atoms with E-state index in [0.29, 0.717) is 17.4 Å². The van der Waals surface area contributed by atoms with Crippen LogP contribution >= 0.6 is 0 Å². The molecule has 0 radical (unpaired) electrons. The molecule has 9 nitrogen and oxygen atoms in total. The molecule has 1 fully saturated rings. The predicted molar refractivity (Wildman–Crippen MR) is 136 cm³/mol. The van der Waals surface area contributed by atoms with Crippen LogP contribution in [0.15, 0.2) is 42.9 Å². The molecule has 1 aliphatic carbocycles. The Morgan fingerprint density at radius 1 is 1.11 bits per heavy atom. The Morgan fingerprint density at radius 2 is 1.94 bits per heavy atom. The average molecular weight is 477 g/mol. The van der Waals surface area contributed by atoms with Crippen LogP contribution in [0.25, 0.3) is 21.9 Å². The van der Waals surface area contributed by atoms with Crippen molar-refractivity contribution in [3.63, 3.8) is 0 Å². The first-order chi connectivity index (χ1) is 16.7. The second kappa shape index (κ2) is 8.98. The van der Waals surface area contributed by atoms with E-state index in [9.17, 15) is 5.11 Å². The van der Waals surface area contributed by atoms with E-state index in [0.717, 1.165) is 47.6 Å². The molecule has 184 valence electrons. The zero-order valence-electron chi connectivity index (χ0n) is 20.3. The number of rotatable bonds is 7. The molecule has 2 unspecified atom stereocenters. The smallest absolute Gasteiger partial charge is 0.166 e. The lowest BCUT2D eigenvalue weighted by atomic mass is 9.95. The molecule has 0 amide bonds. The first-order valence-electron chi connectivity index (χ1n) is 11.9. The SMILES string of the molecule is COc1cc2ccc(CCC3CC(n4ccc5c(N)ncnc54)C[C@@H]3OC(C)(C)O)cc2nc1N. The molecule has 35 heavy (non-hydrogen) atoms. The number of nitrogen functional groups attached to an aromatic ring is 2. The molecule has 3 heterocycles. The number of pyridine rings is 1. The highest BCUT2D eigenvalue weighted by Crippen LogP contribution is 2.42. The maximum absolute atomic E-state index is 10.4. The quantitative estimate of drug-likeness (QED) is 0.342. The number of methoxy groups -OCH3 is 1. The van der Waals surface area contributed by atoms with E-state index < -0.39 is 5.79 Å². The zero-order valence-corrected chi connectivity index (χ0v) is 20.3. The number of hydrogen-bond donors (Lipinski definition) is 3. The maximum Gasteiger partial charge on any atom is 0.166 e. The summed E-state index contributed by atoms with van der Waals surface area (Å²) in [5.74, 6) is 0.520. The van der Waals surface area contributed by atoms with Crippen LogP contribution in [-0.4, -0.2) is 43.6 Å². The zero-order chi connectivity index (χ0) is 24.7. The summed E-state index contributed by atoms with van der Waals surface area (Å²) in [6.07, 6.45) is 6.95. The van der Waals surface area contributed by atoms with E-state index in [1.807, 2.05) is 18.3 Å². The Balaban J connectivity index is 1.36. The van der Waals surface area contributed by atoms with Crippen molar-refractivity contribution in [2.75, 3.05) is 18.6 Å². The number of nitrogens with zero attached hydrogens (tertiary/aromatic N) is 4. The minimum atomic E-state index is -1.20. The van der Waals surface area contributed by atoms with Crippen molar-refractivity contribution in [1.82, 2.24) is 19.5 Å². The molecule has 3 atom stereocenters. The molecule has 3 aromatic heterocycles. The van der Waals surface area contributed by atoms with Crippen molar-refractivity contribution in [2.45, 2.75) is 57.5 Å². The summed E-state index contributed by atoms with van der Waals surface area (Å²) in [6, 6.07) is 10.3. The van der Waals surface area contributed by atoms with Crippen LogP contribution in [0, 0.1) is 5.92 Å². The van der Waals surface area contributed by atoms with E-state index in [-0.39, 0.29) is 18.1 Å². The van der Waals surface area contributed by atoms with Gasteiger partial charge in [-0.25, -0.2) is 15.0 Å². The fraction of sp³-hybridized carbons (Fsp3) is 0.423. The van der Waals surface area contributed by atoms with Crippen molar-refractivity contribution < 1.29 is 14.6 Å². The van der Waals surface area contributed by atoms with Crippen molar-refractivity contribution in [1.29, 1.82) is 0 Å². The fourth-order valence-corrected chi connectivity index (χ4v) is 5.27. The van der Waals surface area contributed by atoms with Crippen LogP contribution < -0.4 is 16.2 Å². The Morgan fingerprint density at radius 3 is 2.71 bits per heavy atom. The van der Waals surface area contributed by atoms with Gasteiger partial charge in [0, 0.05) is 17.6 Å². The van der Waals surface area contributed by atoms with Gasteiger partial charge in [-0.05, 0) is 69.2 Å². The number of benzene rings is 1. The Hall–Kier alpha value is -3.43. The summed E-state index contributed by atoms with van der Waals surface area (Å²) in [5.41, 5.74) is 14.9. The highest BCUT2D eigenvalue weighted by atomic mass is 16.6. The van der Waals surface area contributed by atoms with Gasteiger partial charge < -0.3 is 30.6 Å². The summed E-state index contributed by atoms with van der Waals surface area (Å²) < 4.78 is 13.6. The van der Waals surface area contributed by atoms with Crippen LogP contribution in [0.1, 0.15) is 44.7 Å². The van der Waals surface area contributed by atoms with E-state index in [1.165, 1.54) is 11.9 Å². The van der Waals surface area contributed by atoms with Crippen LogP contribution in [0.4, 0.5) is 11.6 Å². The number of fused-ring (bicyclic) bond motifs is 2. The summed E-state index contributed by atoms with van der Waals surface area (Å²) >= 11 is 0. The van der Waals surface area contributed by atoms with Gasteiger partial charge in [0.05, 0.1) is 24.1 Å². The number of ether oxygens (including phenoxy) is 2. The van der Waals surface area contributed by atoms with Gasteiger partial charge in [0.15, 0.2) is 17.4 Å². The first-order valence-corrected chi connectivity index (χ1v) is 11.9. The van der Waals surface area contributed by atoms with Crippen LogP contribution in [-0.2, 0) is 11.2 Å². The molecule has 4 aromatic rings. The number of aromatic nitrogens is 4. The summed E-state index contributed by atoms with van der Waals surface area (Å²) in [6.45, 7) is 3.37. The molecule has 5 N–H and O–H groups in total. The van der Waals surface area contributed by atoms with Gasteiger partial charge in [0.25, 0.3) is 0 Å². The van der Waals surface area contributed by atoms with Gasteiger partial charge >= 0.3 is 0 Å². The molecule has 0 bridgehead atoms. The van der Waals surface area contributed by atoms with Crippen molar-refractivity contribution in [3.8, 4) is 5.75 Å². The number of aliphatic hydroxyl groups is 1. The molecule has 9 heteroatoms. The van der Waals surface area contributed by atoms with Crippen LogP contribution in [0.3, 0.4) is 0 Å². The lowest BCUT2D eigenvalue weighted by Gasteiger charge is -2.27. The predicted octanol–water partition coefficient (Wildman–Crippen LogP) is 3.85. The van der Waals surface area contributed by atoms with E-state index in [1.54, 1.807) is 21.0 Å². The van der Waals surface area contributed by atoms with Gasteiger partial charge in [0.1, 0.15) is 17.8 Å². The third kappa shape index (κ3) is 4.74. The minimum absolute atomic E-state index is 0.0740. The summed E-state index contributed by atoms with van der Waals surface area (Å²) in [4.78, 5) is 13.1. The lowest BCUT2D eigenvalue weighted by molar-refractivity contribution is -0.212. The van der Waals surface area contributed by atoms with Crippen LogP contribution in [0.5, 0.6) is 5.75 Å². The summed E-state index contributed by atoms with van der Waals surface area (Å²) in [5, 5.41) is 12.2. The number of aryl methyl sites for hydroxylation is 1. The lowest BCUT2D eigenvalue weighted by Crippen LogP contribution is -2.32. The third-order valence-corrected chi connectivity index (χ3v) is 6.88. The molecule has 0 aliphatic heterocycles. The fourth-order valence-electron chi connectivity index (χ4n) is 5.27. The monoisotopic (exact) mass is 476 g/mol. The molecule has 5 rings (SSSR count). The number of hydrogen-bond acceptors (Lipinski definition) is 8. The van der Waals surface area contributed by atoms with Crippen molar-refractivity contribution in [3.05, 3.63) is 48.4 Å². The van der Waals surface area contributed by atoms with Crippen LogP contribution in [0.2, 0.25) is 0 Å². The third-order valence-electron chi connectivity index (χ3n) is 6.88. The Bertz CT molecular complexity index is 1360. The molecule has 0 spiro atoms. The standard InChI is InChI=1S/C26H32N6O3/c1-26(2,33)35-21-13-18(32-9-8-19-23(27)29-14-30-25(19)32)11-17(21)7-5-15-4-6-16-12-22(34-3)24(28)31-20(16)10-15/h4,6,8-10,12,14,17-18,21,33H,5,7,11,13H2,1-3H3,(H2,28,31)(H2,27,29,30)/t17?,18?,21-/m0/s1. The van der Waals surface area contributed by atoms with E-state index in [4.69, 9.17) is 20.9 Å².